The van der Waals surface area contributed by atoms with Gasteiger partial charge in [0, 0.05) is 23.6 Å². The van der Waals surface area contributed by atoms with Crippen molar-refractivity contribution >= 4 is 17.2 Å². The Bertz CT molecular complexity index is 770. The molecule has 0 fully saturated rings. The second-order valence-corrected chi connectivity index (χ2v) is 6.92. The molecule has 1 unspecified atom stereocenters. The Morgan fingerprint density at radius 2 is 2.38 bits per heavy atom. The van der Waals surface area contributed by atoms with Crippen LogP contribution >= 0.6 is 11.3 Å². The van der Waals surface area contributed by atoms with Crippen molar-refractivity contribution in [2.45, 2.75) is 25.6 Å². The monoisotopic (exact) mass is 348 g/mol. The number of hydrogen-bond acceptors (Lipinski definition) is 5. The molecule has 0 saturated carbocycles. The maximum atomic E-state index is 12.0. The molecule has 6 nitrogen and oxygen atoms in total. The van der Waals surface area contributed by atoms with Gasteiger partial charge >= 0.3 is 0 Å². The van der Waals surface area contributed by atoms with Crippen LogP contribution in [-0.2, 0) is 32.9 Å². The van der Waals surface area contributed by atoms with Crippen LogP contribution in [0.5, 0.6) is 0 Å². The highest BCUT2D eigenvalue weighted by atomic mass is 32.1. The lowest BCUT2D eigenvalue weighted by atomic mass is 9.93. The highest BCUT2D eigenvalue weighted by Gasteiger charge is 2.34. The number of nitrogens with one attached hydrogen (secondary N) is 2. The fraction of sp³-hybridized carbons (Fsp3) is 0.412. The topological polar surface area (TPSA) is 80.4 Å². The predicted octanol–water partition coefficient (Wildman–Crippen LogP) is 1.56. The third-order valence-electron chi connectivity index (χ3n) is 4.03. The second kappa shape index (κ2) is 7.29. The van der Waals surface area contributed by atoms with Gasteiger partial charge in [0.2, 0.25) is 11.5 Å². The van der Waals surface area contributed by atoms with Crippen LogP contribution in [0.25, 0.3) is 0 Å². The zero-order chi connectivity index (χ0) is 17.0. The van der Waals surface area contributed by atoms with E-state index in [2.05, 4.69) is 21.7 Å². The quantitative estimate of drug-likeness (QED) is 0.830. The minimum atomic E-state index is -0.490. The SMILES string of the molecule is CC1(CNC(=O)COCc2cc[nH]c(=O)c2)OCCc2sccc21. The standard InChI is InChI=1S/C17H20N2O4S/c1-17(13-4-7-24-14(13)3-6-23-17)11-19-16(21)10-22-9-12-2-5-18-15(20)8-12/h2,4-5,7-8H,3,6,9-11H2,1H3,(H,18,20)(H,19,21). The van der Waals surface area contributed by atoms with Gasteiger partial charge in [-0.3, -0.25) is 9.59 Å². The first-order valence-corrected chi connectivity index (χ1v) is 8.68. The molecule has 7 heteroatoms. The summed E-state index contributed by atoms with van der Waals surface area (Å²) in [6.07, 6.45) is 2.48. The van der Waals surface area contributed by atoms with E-state index in [0.29, 0.717) is 13.2 Å². The summed E-state index contributed by atoms with van der Waals surface area (Å²) in [4.78, 5) is 27.0. The van der Waals surface area contributed by atoms with E-state index in [0.717, 1.165) is 17.5 Å². The number of rotatable bonds is 6. The normalized spacial score (nSPS) is 19.7. The minimum absolute atomic E-state index is 0.0562. The van der Waals surface area contributed by atoms with Crippen LogP contribution in [0.2, 0.25) is 0 Å². The van der Waals surface area contributed by atoms with E-state index in [1.807, 2.05) is 6.92 Å². The molecule has 1 amide bonds. The lowest BCUT2D eigenvalue weighted by molar-refractivity contribution is -0.128. The highest BCUT2D eigenvalue weighted by Crippen LogP contribution is 2.35. The number of pyridine rings is 1. The van der Waals surface area contributed by atoms with Crippen molar-refractivity contribution in [1.29, 1.82) is 0 Å². The molecule has 2 N–H and O–H groups in total. The van der Waals surface area contributed by atoms with Gasteiger partial charge in [-0.15, -0.1) is 11.3 Å². The van der Waals surface area contributed by atoms with E-state index in [1.165, 1.54) is 10.9 Å². The fourth-order valence-electron chi connectivity index (χ4n) is 2.76. The zero-order valence-corrected chi connectivity index (χ0v) is 14.3. The lowest BCUT2D eigenvalue weighted by Gasteiger charge is -2.34. The maximum absolute atomic E-state index is 12.0. The van der Waals surface area contributed by atoms with Gasteiger partial charge in [0.25, 0.3) is 0 Å². The van der Waals surface area contributed by atoms with Crippen LogP contribution in [0.4, 0.5) is 0 Å². The van der Waals surface area contributed by atoms with Crippen LogP contribution in [0.15, 0.2) is 34.6 Å². The van der Waals surface area contributed by atoms with Crippen LogP contribution in [0, 0.1) is 0 Å². The Kier molecular flexibility index (Phi) is 5.13. The Balaban J connectivity index is 1.47. The molecule has 0 saturated heterocycles. The third kappa shape index (κ3) is 3.92. The molecular formula is C17H20N2O4S. The number of hydrogen-bond donors (Lipinski definition) is 2. The number of thiophene rings is 1. The summed E-state index contributed by atoms with van der Waals surface area (Å²) in [5.41, 5.74) is 1.21. The van der Waals surface area contributed by atoms with Crippen molar-refractivity contribution in [2.75, 3.05) is 19.8 Å². The van der Waals surface area contributed by atoms with E-state index < -0.39 is 5.60 Å². The van der Waals surface area contributed by atoms with Crippen molar-refractivity contribution in [3.8, 4) is 0 Å². The number of amides is 1. The van der Waals surface area contributed by atoms with Gasteiger partial charge in [-0.2, -0.15) is 0 Å². The van der Waals surface area contributed by atoms with Crippen LogP contribution in [0.1, 0.15) is 22.9 Å². The molecule has 0 bridgehead atoms. The first-order valence-electron chi connectivity index (χ1n) is 7.80. The number of aromatic amines is 1. The van der Waals surface area contributed by atoms with Crippen molar-refractivity contribution in [1.82, 2.24) is 10.3 Å². The molecule has 0 aromatic carbocycles. The molecule has 24 heavy (non-hydrogen) atoms. The summed E-state index contributed by atoms with van der Waals surface area (Å²) in [7, 11) is 0. The van der Waals surface area contributed by atoms with Crippen LogP contribution in [-0.4, -0.2) is 30.6 Å². The molecule has 3 heterocycles. The zero-order valence-electron chi connectivity index (χ0n) is 13.5. The molecule has 3 rings (SSSR count). The molecule has 128 valence electrons. The van der Waals surface area contributed by atoms with E-state index in [1.54, 1.807) is 23.6 Å². The first kappa shape index (κ1) is 16.9. The van der Waals surface area contributed by atoms with Gasteiger partial charge < -0.3 is 19.8 Å². The summed E-state index contributed by atoms with van der Waals surface area (Å²) in [5.74, 6) is -0.202. The average Bonchev–Trinajstić information content (AvgIpc) is 3.04. The number of carbonyl (C=O) groups excluding carboxylic acids is 1. The number of ether oxygens (including phenoxy) is 2. The average molecular weight is 348 g/mol. The molecule has 1 aliphatic rings. The van der Waals surface area contributed by atoms with Crippen LogP contribution < -0.4 is 10.9 Å². The second-order valence-electron chi connectivity index (χ2n) is 5.92. The summed E-state index contributed by atoms with van der Waals surface area (Å²) in [6.45, 7) is 3.23. The summed E-state index contributed by atoms with van der Waals surface area (Å²) >= 11 is 1.73. The van der Waals surface area contributed by atoms with Gasteiger partial charge in [-0.1, -0.05) is 0 Å². The number of H-pyrrole nitrogens is 1. The van der Waals surface area contributed by atoms with E-state index in [9.17, 15) is 9.59 Å². The molecule has 0 radical (unpaired) electrons. The smallest absolute Gasteiger partial charge is 0.248 e. The van der Waals surface area contributed by atoms with Crippen molar-refractivity contribution in [3.05, 3.63) is 56.1 Å². The molecular weight excluding hydrogens is 328 g/mol. The van der Waals surface area contributed by atoms with Crippen molar-refractivity contribution in [3.63, 3.8) is 0 Å². The van der Waals surface area contributed by atoms with E-state index >= 15 is 0 Å². The lowest BCUT2D eigenvalue weighted by Crippen LogP contribution is -2.44. The molecule has 1 atom stereocenters. The summed E-state index contributed by atoms with van der Waals surface area (Å²) in [5, 5.41) is 4.93. The fourth-order valence-corrected chi connectivity index (χ4v) is 3.74. The highest BCUT2D eigenvalue weighted by molar-refractivity contribution is 7.10. The Hall–Kier alpha value is -1.96. The molecule has 2 aromatic heterocycles. The Morgan fingerprint density at radius 3 is 3.21 bits per heavy atom. The van der Waals surface area contributed by atoms with Gasteiger partial charge in [0.15, 0.2) is 0 Å². The van der Waals surface area contributed by atoms with Crippen LogP contribution in [0.3, 0.4) is 0 Å². The van der Waals surface area contributed by atoms with Gasteiger partial charge in [-0.25, -0.2) is 0 Å². The minimum Gasteiger partial charge on any atom is -0.368 e. The number of carbonyl (C=O) groups is 1. The molecule has 0 spiro atoms. The van der Waals surface area contributed by atoms with Gasteiger partial charge in [-0.05, 0) is 35.6 Å². The first-order chi connectivity index (χ1) is 11.6. The maximum Gasteiger partial charge on any atom is 0.248 e. The van der Waals surface area contributed by atoms with Crippen molar-refractivity contribution < 1.29 is 14.3 Å². The summed E-state index contributed by atoms with van der Waals surface area (Å²) < 4.78 is 11.3. The summed E-state index contributed by atoms with van der Waals surface area (Å²) in [6, 6.07) is 5.26. The predicted molar refractivity (Wildman–Crippen MR) is 91.1 cm³/mol. The van der Waals surface area contributed by atoms with E-state index in [-0.39, 0.29) is 24.7 Å². The van der Waals surface area contributed by atoms with Crippen molar-refractivity contribution in [2.24, 2.45) is 0 Å². The number of fused-ring (bicyclic) bond motifs is 1. The van der Waals surface area contributed by atoms with E-state index in [4.69, 9.17) is 9.47 Å². The molecule has 0 aliphatic carbocycles. The number of aromatic nitrogens is 1. The van der Waals surface area contributed by atoms with Gasteiger partial charge in [0.05, 0.1) is 19.8 Å². The van der Waals surface area contributed by atoms with Gasteiger partial charge in [0.1, 0.15) is 12.2 Å². The molecule has 2 aromatic rings. The Morgan fingerprint density at radius 1 is 1.50 bits per heavy atom. The molecule has 1 aliphatic heterocycles. The third-order valence-corrected chi connectivity index (χ3v) is 5.01. The Labute approximate surface area is 143 Å². The largest absolute Gasteiger partial charge is 0.368 e.